The molecule has 0 aliphatic rings. The summed E-state index contributed by atoms with van der Waals surface area (Å²) < 4.78 is 5.10. The lowest BCUT2D eigenvalue weighted by Gasteiger charge is -2.16. The number of unbranched alkanes of at least 4 members (excludes halogenated alkanes) is 1. The molecule has 88 valence electrons. The van der Waals surface area contributed by atoms with E-state index < -0.39 is 0 Å². The van der Waals surface area contributed by atoms with E-state index in [9.17, 15) is 4.79 Å². The third-order valence-corrected chi connectivity index (χ3v) is 2.24. The van der Waals surface area contributed by atoms with Gasteiger partial charge in [0.25, 0.3) is 0 Å². The standard InChI is InChI=1S/C12H23NO2/c1-5-8-9-15-12(14)11(4)10-13(6-2)7-3/h10H,5-9H2,1-4H3. The van der Waals surface area contributed by atoms with Gasteiger partial charge < -0.3 is 9.64 Å². The fourth-order valence-electron chi connectivity index (χ4n) is 1.16. The van der Waals surface area contributed by atoms with E-state index in [1.165, 1.54) is 0 Å². The lowest BCUT2D eigenvalue weighted by molar-refractivity contribution is -0.139. The monoisotopic (exact) mass is 213 g/mol. The highest BCUT2D eigenvalue weighted by atomic mass is 16.5. The van der Waals surface area contributed by atoms with Crippen LogP contribution in [0.4, 0.5) is 0 Å². The van der Waals surface area contributed by atoms with Crippen LogP contribution in [0, 0.1) is 0 Å². The molecule has 0 radical (unpaired) electrons. The topological polar surface area (TPSA) is 29.5 Å². The summed E-state index contributed by atoms with van der Waals surface area (Å²) in [7, 11) is 0. The molecule has 0 heterocycles. The van der Waals surface area contributed by atoms with Crippen molar-refractivity contribution in [3.8, 4) is 0 Å². The Morgan fingerprint density at radius 1 is 1.27 bits per heavy atom. The van der Waals surface area contributed by atoms with Crippen LogP contribution in [-0.4, -0.2) is 30.6 Å². The summed E-state index contributed by atoms with van der Waals surface area (Å²) >= 11 is 0. The molecule has 0 aliphatic carbocycles. The summed E-state index contributed by atoms with van der Waals surface area (Å²) in [5, 5.41) is 0. The van der Waals surface area contributed by atoms with Crippen molar-refractivity contribution in [1.82, 2.24) is 4.90 Å². The van der Waals surface area contributed by atoms with Gasteiger partial charge in [0, 0.05) is 24.9 Å². The number of carbonyl (C=O) groups excluding carboxylic acids is 1. The number of hydrogen-bond donors (Lipinski definition) is 0. The van der Waals surface area contributed by atoms with Gasteiger partial charge in [0.2, 0.25) is 0 Å². The highest BCUT2D eigenvalue weighted by Crippen LogP contribution is 2.01. The highest BCUT2D eigenvalue weighted by molar-refractivity contribution is 5.87. The summed E-state index contributed by atoms with van der Waals surface area (Å²) in [5.41, 5.74) is 0.676. The van der Waals surface area contributed by atoms with Crippen molar-refractivity contribution in [2.45, 2.75) is 40.5 Å². The molecule has 0 atom stereocenters. The maximum atomic E-state index is 11.5. The minimum Gasteiger partial charge on any atom is -0.462 e. The van der Waals surface area contributed by atoms with Gasteiger partial charge in [-0.15, -0.1) is 0 Å². The van der Waals surface area contributed by atoms with E-state index in [1.807, 2.05) is 6.20 Å². The van der Waals surface area contributed by atoms with Gasteiger partial charge in [0.1, 0.15) is 0 Å². The van der Waals surface area contributed by atoms with Crippen LogP contribution >= 0.6 is 0 Å². The van der Waals surface area contributed by atoms with Crippen LogP contribution in [0.5, 0.6) is 0 Å². The molecular formula is C12H23NO2. The molecule has 0 fully saturated rings. The van der Waals surface area contributed by atoms with Crippen molar-refractivity contribution in [3.63, 3.8) is 0 Å². The lowest BCUT2D eigenvalue weighted by Crippen LogP contribution is -2.18. The van der Waals surface area contributed by atoms with Crippen molar-refractivity contribution < 1.29 is 9.53 Å². The fraction of sp³-hybridized carbons (Fsp3) is 0.750. The first kappa shape index (κ1) is 14.0. The molecule has 0 saturated carbocycles. The first-order valence-corrected chi connectivity index (χ1v) is 5.75. The van der Waals surface area contributed by atoms with Crippen LogP contribution in [0.2, 0.25) is 0 Å². The Bertz CT molecular complexity index is 208. The smallest absolute Gasteiger partial charge is 0.335 e. The van der Waals surface area contributed by atoms with Crippen LogP contribution in [0.25, 0.3) is 0 Å². The van der Waals surface area contributed by atoms with E-state index in [-0.39, 0.29) is 5.97 Å². The van der Waals surface area contributed by atoms with Crippen LogP contribution in [0.15, 0.2) is 11.8 Å². The first-order chi connectivity index (χ1) is 7.15. The van der Waals surface area contributed by atoms with Gasteiger partial charge in [0.15, 0.2) is 0 Å². The highest BCUT2D eigenvalue weighted by Gasteiger charge is 2.06. The predicted molar refractivity (Wildman–Crippen MR) is 62.5 cm³/mol. The van der Waals surface area contributed by atoms with E-state index in [4.69, 9.17) is 4.74 Å². The maximum Gasteiger partial charge on any atom is 0.335 e. The Hall–Kier alpha value is -0.990. The van der Waals surface area contributed by atoms with Crippen molar-refractivity contribution in [1.29, 1.82) is 0 Å². The molecule has 0 aliphatic heterocycles. The van der Waals surface area contributed by atoms with Gasteiger partial charge in [-0.1, -0.05) is 13.3 Å². The predicted octanol–water partition coefficient (Wildman–Crippen LogP) is 2.58. The van der Waals surface area contributed by atoms with Crippen LogP contribution in [-0.2, 0) is 9.53 Å². The molecular weight excluding hydrogens is 190 g/mol. The molecule has 3 heteroatoms. The van der Waals surface area contributed by atoms with Crippen molar-refractivity contribution in [2.24, 2.45) is 0 Å². The Labute approximate surface area is 93.1 Å². The number of rotatable bonds is 7. The zero-order valence-electron chi connectivity index (χ0n) is 10.4. The molecule has 0 aromatic heterocycles. The van der Waals surface area contributed by atoms with Crippen molar-refractivity contribution in [3.05, 3.63) is 11.8 Å². The number of hydrogen-bond acceptors (Lipinski definition) is 3. The van der Waals surface area contributed by atoms with Crippen LogP contribution in [0.1, 0.15) is 40.5 Å². The molecule has 0 rings (SSSR count). The SMILES string of the molecule is CCCCOC(=O)C(C)=CN(CC)CC. The minimum absolute atomic E-state index is 0.199. The Morgan fingerprint density at radius 2 is 1.87 bits per heavy atom. The van der Waals surface area contributed by atoms with Gasteiger partial charge in [0.05, 0.1) is 6.61 Å². The molecule has 0 N–H and O–H groups in total. The second-order valence-electron chi connectivity index (χ2n) is 3.52. The third-order valence-electron chi connectivity index (χ3n) is 2.24. The zero-order valence-corrected chi connectivity index (χ0v) is 10.4. The molecule has 0 amide bonds. The lowest BCUT2D eigenvalue weighted by atomic mass is 10.3. The molecule has 0 saturated heterocycles. The zero-order chi connectivity index (χ0) is 11.7. The van der Waals surface area contributed by atoms with Crippen LogP contribution in [0.3, 0.4) is 0 Å². The average molecular weight is 213 g/mol. The average Bonchev–Trinajstić information content (AvgIpc) is 2.25. The van der Waals surface area contributed by atoms with E-state index in [0.29, 0.717) is 12.2 Å². The Kier molecular flexibility index (Phi) is 7.78. The van der Waals surface area contributed by atoms with Crippen molar-refractivity contribution in [2.75, 3.05) is 19.7 Å². The van der Waals surface area contributed by atoms with E-state index in [1.54, 1.807) is 6.92 Å². The summed E-state index contributed by atoms with van der Waals surface area (Å²) in [5.74, 6) is -0.199. The summed E-state index contributed by atoms with van der Waals surface area (Å²) in [6, 6.07) is 0. The van der Waals surface area contributed by atoms with E-state index >= 15 is 0 Å². The molecule has 0 spiro atoms. The quantitative estimate of drug-likeness (QED) is 0.370. The maximum absolute atomic E-state index is 11.5. The van der Waals surface area contributed by atoms with Gasteiger partial charge >= 0.3 is 5.97 Å². The van der Waals surface area contributed by atoms with Gasteiger partial charge in [-0.25, -0.2) is 4.79 Å². The molecule has 0 aromatic carbocycles. The normalized spacial score (nSPS) is 11.3. The third kappa shape index (κ3) is 6.15. The number of ether oxygens (including phenoxy) is 1. The second-order valence-corrected chi connectivity index (χ2v) is 3.52. The fourth-order valence-corrected chi connectivity index (χ4v) is 1.16. The molecule has 3 nitrogen and oxygen atoms in total. The number of nitrogens with zero attached hydrogens (tertiary/aromatic N) is 1. The molecule has 0 bridgehead atoms. The molecule has 0 unspecified atom stereocenters. The van der Waals surface area contributed by atoms with E-state index in [0.717, 1.165) is 25.9 Å². The summed E-state index contributed by atoms with van der Waals surface area (Å²) in [6.07, 6.45) is 3.85. The first-order valence-electron chi connectivity index (χ1n) is 5.75. The summed E-state index contributed by atoms with van der Waals surface area (Å²) in [6.45, 7) is 10.4. The van der Waals surface area contributed by atoms with Crippen LogP contribution < -0.4 is 0 Å². The Balaban J connectivity index is 4.05. The number of carbonyl (C=O) groups is 1. The molecule has 0 aromatic rings. The van der Waals surface area contributed by atoms with Gasteiger partial charge in [-0.3, -0.25) is 0 Å². The second kappa shape index (κ2) is 8.33. The Morgan fingerprint density at radius 3 is 2.33 bits per heavy atom. The van der Waals surface area contributed by atoms with E-state index in [2.05, 4.69) is 25.7 Å². The van der Waals surface area contributed by atoms with Crippen molar-refractivity contribution >= 4 is 5.97 Å². The molecule has 15 heavy (non-hydrogen) atoms. The summed E-state index contributed by atoms with van der Waals surface area (Å²) in [4.78, 5) is 13.5. The largest absolute Gasteiger partial charge is 0.462 e. The number of esters is 1. The van der Waals surface area contributed by atoms with Gasteiger partial charge in [-0.05, 0) is 27.2 Å². The minimum atomic E-state index is -0.199. The van der Waals surface area contributed by atoms with Gasteiger partial charge in [-0.2, -0.15) is 0 Å².